The van der Waals surface area contributed by atoms with Crippen LogP contribution in [0.5, 0.6) is 5.75 Å². The molecule has 2 atom stereocenters. The number of nitrogens with zero attached hydrogens (tertiary/aromatic N) is 4. The number of azide groups is 1. The van der Waals surface area contributed by atoms with Crippen LogP contribution < -0.4 is 15.6 Å². The molecule has 0 unspecified atom stereocenters. The van der Waals surface area contributed by atoms with Gasteiger partial charge in [0.05, 0.1) is 6.61 Å². The normalized spacial score (nSPS) is 17.6. The highest BCUT2D eigenvalue weighted by Crippen LogP contribution is 2.45. The third-order valence-corrected chi connectivity index (χ3v) is 7.40. The number of aliphatic hydroxyl groups is 1. The summed E-state index contributed by atoms with van der Waals surface area (Å²) in [6.07, 6.45) is 0.476. The monoisotopic (exact) mass is 636 g/mol. The van der Waals surface area contributed by atoms with E-state index in [1.54, 1.807) is 31.4 Å². The van der Waals surface area contributed by atoms with Gasteiger partial charge in [0.2, 0.25) is 5.90 Å². The molecular weight excluding hydrogens is 604 g/mol. The second-order valence-electron chi connectivity index (χ2n) is 9.53. The zero-order valence-corrected chi connectivity index (χ0v) is 24.8. The average molecular weight is 638 g/mol. The van der Waals surface area contributed by atoms with Crippen LogP contribution in [0.4, 0.5) is 5.69 Å². The number of hydrogen-bond acceptors (Lipinski definition) is 8. The number of aliphatic hydroxyl groups excluding tert-OH is 1. The van der Waals surface area contributed by atoms with Crippen LogP contribution in [0.15, 0.2) is 87.4 Å². The number of carbonyl (C=O) groups excluding carboxylic acids is 1. The zero-order valence-electron chi connectivity index (χ0n) is 23.2. The maximum absolute atomic E-state index is 14.2. The molecule has 12 heteroatoms. The van der Waals surface area contributed by atoms with Crippen molar-refractivity contribution >= 4 is 33.4 Å². The summed E-state index contributed by atoms with van der Waals surface area (Å²) in [7, 11) is 1.62. The van der Waals surface area contributed by atoms with E-state index in [0.29, 0.717) is 55.2 Å². The molecule has 0 aromatic heterocycles. The standard InChI is InChI=1S/C30H33BrN6O5/c1-40-18-6-16-33-36-29(39)30(20-22-8-2-5-11-26(22)35-37-32)27(24-9-3-4-10-25(24)31)42-28(34-30)21-12-14-23(15-13-21)41-19-7-17-38/h2-5,8-15,27,33,38H,6-7,16-20H2,1H3,(H,36,39)/t27-,30-/m0/s1. The largest absolute Gasteiger partial charge is 0.494 e. The number of rotatable bonds is 15. The molecule has 0 bridgehead atoms. The fraction of sp³-hybridized carbons (Fsp3) is 0.333. The van der Waals surface area contributed by atoms with Crippen LogP contribution in [0, 0.1) is 0 Å². The van der Waals surface area contributed by atoms with Crippen molar-refractivity contribution in [3.8, 4) is 5.75 Å². The fourth-order valence-electron chi connectivity index (χ4n) is 4.60. The van der Waals surface area contributed by atoms with Gasteiger partial charge in [-0.3, -0.25) is 10.2 Å². The first kappa shape index (κ1) is 31.0. The molecule has 0 spiro atoms. The van der Waals surface area contributed by atoms with Gasteiger partial charge in [0.15, 0.2) is 11.6 Å². The highest BCUT2D eigenvalue weighted by molar-refractivity contribution is 9.10. The molecule has 1 aliphatic heterocycles. The Morgan fingerprint density at radius 1 is 1.12 bits per heavy atom. The van der Waals surface area contributed by atoms with Crippen LogP contribution in [0.25, 0.3) is 10.4 Å². The van der Waals surface area contributed by atoms with Gasteiger partial charge in [0.1, 0.15) is 5.75 Å². The van der Waals surface area contributed by atoms with Crippen molar-refractivity contribution in [2.75, 3.05) is 33.5 Å². The molecule has 11 nitrogen and oxygen atoms in total. The van der Waals surface area contributed by atoms with Gasteiger partial charge in [-0.05, 0) is 47.8 Å². The number of benzene rings is 3. The molecule has 1 heterocycles. The lowest BCUT2D eigenvalue weighted by molar-refractivity contribution is -0.130. The van der Waals surface area contributed by atoms with E-state index in [2.05, 4.69) is 36.8 Å². The topological polar surface area (TPSA) is 150 Å². The Labute approximate surface area is 252 Å². The van der Waals surface area contributed by atoms with Gasteiger partial charge in [-0.25, -0.2) is 10.4 Å². The number of nitrogens with one attached hydrogen (secondary N) is 2. The Balaban J connectivity index is 1.79. The van der Waals surface area contributed by atoms with Crippen LogP contribution in [-0.2, 0) is 20.7 Å². The Morgan fingerprint density at radius 2 is 1.88 bits per heavy atom. The first-order valence-electron chi connectivity index (χ1n) is 13.5. The maximum atomic E-state index is 14.2. The minimum Gasteiger partial charge on any atom is -0.494 e. The number of halogens is 1. The van der Waals surface area contributed by atoms with E-state index >= 15 is 0 Å². The summed E-state index contributed by atoms with van der Waals surface area (Å²) in [5, 5.41) is 12.9. The van der Waals surface area contributed by atoms with Crippen molar-refractivity contribution in [3.63, 3.8) is 0 Å². The summed E-state index contributed by atoms with van der Waals surface area (Å²) in [6.45, 7) is 1.47. The van der Waals surface area contributed by atoms with Gasteiger partial charge in [0, 0.05) is 65.9 Å². The molecule has 0 radical (unpaired) electrons. The fourth-order valence-corrected chi connectivity index (χ4v) is 5.09. The summed E-state index contributed by atoms with van der Waals surface area (Å²) < 4.78 is 18.1. The van der Waals surface area contributed by atoms with Crippen molar-refractivity contribution in [2.45, 2.75) is 30.9 Å². The van der Waals surface area contributed by atoms with E-state index in [-0.39, 0.29) is 18.9 Å². The summed E-state index contributed by atoms with van der Waals surface area (Å²) in [5.74, 6) is 0.518. The summed E-state index contributed by atoms with van der Waals surface area (Å²) >= 11 is 3.64. The van der Waals surface area contributed by atoms with Crippen molar-refractivity contribution in [1.29, 1.82) is 0 Å². The predicted molar refractivity (Wildman–Crippen MR) is 162 cm³/mol. The van der Waals surface area contributed by atoms with Gasteiger partial charge in [0.25, 0.3) is 5.91 Å². The van der Waals surface area contributed by atoms with Gasteiger partial charge >= 0.3 is 0 Å². The molecule has 42 heavy (non-hydrogen) atoms. The number of ether oxygens (including phenoxy) is 3. The second-order valence-corrected chi connectivity index (χ2v) is 10.4. The Bertz CT molecular complexity index is 1430. The van der Waals surface area contributed by atoms with E-state index in [1.165, 1.54) is 0 Å². The van der Waals surface area contributed by atoms with Crippen molar-refractivity contribution < 1.29 is 24.1 Å². The second kappa shape index (κ2) is 15.3. The quantitative estimate of drug-likeness (QED) is 0.0676. The van der Waals surface area contributed by atoms with E-state index < -0.39 is 17.6 Å². The number of methoxy groups -OCH3 is 1. The number of aliphatic imine (C=N–C) groups is 1. The Morgan fingerprint density at radius 3 is 2.62 bits per heavy atom. The molecular formula is C30H33BrN6O5. The zero-order chi connectivity index (χ0) is 29.8. The smallest absolute Gasteiger partial charge is 0.266 e. The van der Waals surface area contributed by atoms with E-state index in [4.69, 9.17) is 24.3 Å². The number of hydrazine groups is 1. The highest BCUT2D eigenvalue weighted by atomic mass is 79.9. The molecule has 3 N–H and O–H groups in total. The summed E-state index contributed by atoms with van der Waals surface area (Å²) in [4.78, 5) is 22.2. The molecule has 0 fully saturated rings. The van der Waals surface area contributed by atoms with E-state index in [1.807, 2.05) is 48.5 Å². The lowest BCUT2D eigenvalue weighted by atomic mass is 9.81. The van der Waals surface area contributed by atoms with Gasteiger partial charge in [-0.15, -0.1) is 0 Å². The molecule has 0 aliphatic carbocycles. The van der Waals surface area contributed by atoms with E-state index in [9.17, 15) is 10.3 Å². The molecule has 0 saturated heterocycles. The van der Waals surface area contributed by atoms with Gasteiger partial charge in [-0.2, -0.15) is 0 Å². The van der Waals surface area contributed by atoms with Gasteiger partial charge < -0.3 is 19.3 Å². The maximum Gasteiger partial charge on any atom is 0.266 e. The molecule has 220 valence electrons. The first-order chi connectivity index (χ1) is 20.5. The van der Waals surface area contributed by atoms with Crippen LogP contribution in [0.1, 0.15) is 35.6 Å². The average Bonchev–Trinajstić information content (AvgIpc) is 3.39. The van der Waals surface area contributed by atoms with Crippen LogP contribution >= 0.6 is 15.9 Å². The lowest BCUT2D eigenvalue weighted by Gasteiger charge is -2.31. The molecule has 1 aliphatic rings. The summed E-state index contributed by atoms with van der Waals surface area (Å²) in [5.41, 5.74) is 16.0. The summed E-state index contributed by atoms with van der Waals surface area (Å²) in [6, 6.07) is 21.9. The highest BCUT2D eigenvalue weighted by Gasteiger charge is 2.54. The Hall–Kier alpha value is -3.93. The van der Waals surface area contributed by atoms with Crippen LogP contribution in [0.3, 0.4) is 0 Å². The van der Waals surface area contributed by atoms with Crippen molar-refractivity contribution in [3.05, 3.63) is 104 Å². The van der Waals surface area contributed by atoms with Crippen LogP contribution in [0.2, 0.25) is 0 Å². The van der Waals surface area contributed by atoms with E-state index in [0.717, 1.165) is 10.0 Å². The SMILES string of the molecule is COCCCNNC(=O)[C@@]1(Cc2ccccc2N=[N+]=[N-])N=C(c2ccc(OCCCO)cc2)O[C@H]1c1ccccc1Br. The molecule has 1 amide bonds. The predicted octanol–water partition coefficient (Wildman–Crippen LogP) is 5.31. The molecule has 3 aromatic rings. The Kier molecular flexibility index (Phi) is 11.3. The number of carbonyl (C=O) groups is 1. The molecule has 3 aromatic carbocycles. The van der Waals surface area contributed by atoms with Crippen LogP contribution in [-0.4, -0.2) is 55.9 Å². The van der Waals surface area contributed by atoms with Gasteiger partial charge in [-0.1, -0.05) is 63.5 Å². The van der Waals surface area contributed by atoms with Crippen molar-refractivity contribution in [1.82, 2.24) is 10.9 Å². The lowest BCUT2D eigenvalue weighted by Crippen LogP contribution is -2.54. The first-order valence-corrected chi connectivity index (χ1v) is 14.3. The molecule has 4 rings (SSSR count). The number of hydrogen-bond donors (Lipinski definition) is 3. The minimum atomic E-state index is -1.48. The minimum absolute atomic E-state index is 0.0490. The molecule has 0 saturated carbocycles. The third kappa shape index (κ3) is 7.47. The third-order valence-electron chi connectivity index (χ3n) is 6.67. The van der Waals surface area contributed by atoms with Crippen molar-refractivity contribution in [2.24, 2.45) is 10.1 Å². The number of amides is 1.